The van der Waals surface area contributed by atoms with Gasteiger partial charge in [0.25, 0.3) is 0 Å². The van der Waals surface area contributed by atoms with E-state index in [1.807, 2.05) is 31.2 Å². The monoisotopic (exact) mass is 255 g/mol. The lowest BCUT2D eigenvalue weighted by Gasteiger charge is -2.16. The van der Waals surface area contributed by atoms with E-state index in [1.165, 1.54) is 11.1 Å². The van der Waals surface area contributed by atoms with Crippen LogP contribution < -0.4 is 5.32 Å². The number of hydrogen-bond acceptors (Lipinski definition) is 2. The van der Waals surface area contributed by atoms with E-state index in [9.17, 15) is 5.11 Å². The van der Waals surface area contributed by atoms with Gasteiger partial charge in [-0.25, -0.2) is 0 Å². The molecule has 0 bridgehead atoms. The summed E-state index contributed by atoms with van der Waals surface area (Å²) >= 11 is 0. The Kier molecular flexibility index (Phi) is 4.23. The number of nitrogens with one attached hydrogen (secondary N) is 1. The first-order chi connectivity index (χ1) is 9.06. The van der Waals surface area contributed by atoms with E-state index >= 15 is 0 Å². The van der Waals surface area contributed by atoms with Crippen LogP contribution in [-0.2, 0) is 0 Å². The summed E-state index contributed by atoms with van der Waals surface area (Å²) in [4.78, 5) is 0. The zero-order valence-corrected chi connectivity index (χ0v) is 11.8. The molecule has 0 fully saturated rings. The molecule has 2 heteroatoms. The van der Waals surface area contributed by atoms with Gasteiger partial charge in [-0.3, -0.25) is 0 Å². The lowest BCUT2D eigenvalue weighted by atomic mass is 10.0. The quantitative estimate of drug-likeness (QED) is 0.872. The third-order valence-corrected chi connectivity index (χ3v) is 3.34. The fraction of sp³-hybridized carbons (Fsp3) is 0.294. The molecule has 100 valence electrons. The maximum atomic E-state index is 10.2. The van der Waals surface area contributed by atoms with Crippen molar-refractivity contribution in [3.05, 3.63) is 64.7 Å². The first-order valence-electron chi connectivity index (χ1n) is 6.62. The Bertz CT molecular complexity index is 546. The molecule has 0 aliphatic carbocycles. The van der Waals surface area contributed by atoms with Gasteiger partial charge in [-0.15, -0.1) is 0 Å². The van der Waals surface area contributed by atoms with E-state index in [0.717, 1.165) is 16.8 Å². The van der Waals surface area contributed by atoms with E-state index in [1.54, 1.807) is 0 Å². The number of rotatable bonds is 4. The van der Waals surface area contributed by atoms with Gasteiger partial charge < -0.3 is 10.4 Å². The summed E-state index contributed by atoms with van der Waals surface area (Å²) in [5, 5.41) is 13.5. The van der Waals surface area contributed by atoms with Gasteiger partial charge in [0.15, 0.2) is 0 Å². The van der Waals surface area contributed by atoms with Gasteiger partial charge in [-0.05, 0) is 44.0 Å². The van der Waals surface area contributed by atoms with Gasteiger partial charge in [0, 0.05) is 12.2 Å². The largest absolute Gasteiger partial charge is 0.387 e. The average molecular weight is 255 g/mol. The van der Waals surface area contributed by atoms with E-state index in [2.05, 4.69) is 37.4 Å². The Morgan fingerprint density at radius 2 is 1.58 bits per heavy atom. The fourth-order valence-corrected chi connectivity index (χ4v) is 2.20. The maximum absolute atomic E-state index is 10.2. The number of aliphatic hydroxyl groups excluding tert-OH is 1. The summed E-state index contributed by atoms with van der Waals surface area (Å²) < 4.78 is 0. The van der Waals surface area contributed by atoms with Crippen LogP contribution in [0, 0.1) is 20.8 Å². The highest BCUT2D eigenvalue weighted by Crippen LogP contribution is 2.19. The van der Waals surface area contributed by atoms with Gasteiger partial charge in [0.1, 0.15) is 0 Å². The van der Waals surface area contributed by atoms with Crippen molar-refractivity contribution in [3.63, 3.8) is 0 Å². The minimum Gasteiger partial charge on any atom is -0.387 e. The molecule has 0 amide bonds. The summed E-state index contributed by atoms with van der Waals surface area (Å²) in [6.07, 6.45) is -0.484. The summed E-state index contributed by atoms with van der Waals surface area (Å²) in [6.45, 7) is 6.69. The van der Waals surface area contributed by atoms with Crippen LogP contribution in [0.4, 0.5) is 5.69 Å². The molecule has 19 heavy (non-hydrogen) atoms. The van der Waals surface area contributed by atoms with Crippen LogP contribution in [0.15, 0.2) is 42.5 Å². The smallest absolute Gasteiger partial charge is 0.0964 e. The van der Waals surface area contributed by atoms with E-state index < -0.39 is 6.10 Å². The second-order valence-electron chi connectivity index (χ2n) is 5.12. The predicted octanol–water partition coefficient (Wildman–Crippen LogP) is 3.76. The van der Waals surface area contributed by atoms with Gasteiger partial charge in [0.2, 0.25) is 0 Å². The van der Waals surface area contributed by atoms with E-state index in [0.29, 0.717) is 6.54 Å². The molecular weight excluding hydrogens is 234 g/mol. The Hall–Kier alpha value is -1.80. The van der Waals surface area contributed by atoms with Crippen molar-refractivity contribution in [1.29, 1.82) is 0 Å². The molecule has 2 N–H and O–H groups in total. The number of anilines is 1. The Labute approximate surface area is 115 Å². The normalized spacial score (nSPS) is 12.2. The maximum Gasteiger partial charge on any atom is 0.0964 e. The summed E-state index contributed by atoms with van der Waals surface area (Å²) in [7, 11) is 0. The molecule has 0 aliphatic heterocycles. The van der Waals surface area contributed by atoms with Crippen molar-refractivity contribution >= 4 is 5.69 Å². The highest BCUT2D eigenvalue weighted by Gasteiger charge is 2.09. The van der Waals surface area contributed by atoms with Crippen molar-refractivity contribution in [2.75, 3.05) is 11.9 Å². The Morgan fingerprint density at radius 3 is 2.21 bits per heavy atom. The lowest BCUT2D eigenvalue weighted by Crippen LogP contribution is -2.13. The zero-order valence-electron chi connectivity index (χ0n) is 11.8. The van der Waals surface area contributed by atoms with Gasteiger partial charge in [-0.1, -0.05) is 41.5 Å². The molecule has 0 aromatic heterocycles. The van der Waals surface area contributed by atoms with Crippen molar-refractivity contribution in [3.8, 4) is 0 Å². The zero-order chi connectivity index (χ0) is 13.8. The van der Waals surface area contributed by atoms with Crippen LogP contribution in [0.3, 0.4) is 0 Å². The van der Waals surface area contributed by atoms with Crippen LogP contribution in [0.1, 0.15) is 28.4 Å². The third kappa shape index (κ3) is 3.58. The highest BCUT2D eigenvalue weighted by atomic mass is 16.3. The van der Waals surface area contributed by atoms with Crippen molar-refractivity contribution in [2.45, 2.75) is 26.9 Å². The molecule has 2 aromatic rings. The Balaban J connectivity index is 2.01. The molecule has 0 radical (unpaired) electrons. The van der Waals surface area contributed by atoms with Gasteiger partial charge >= 0.3 is 0 Å². The third-order valence-electron chi connectivity index (χ3n) is 3.34. The summed E-state index contributed by atoms with van der Waals surface area (Å²) in [5.74, 6) is 0. The Morgan fingerprint density at radius 1 is 0.947 bits per heavy atom. The highest BCUT2D eigenvalue weighted by molar-refractivity contribution is 5.45. The second kappa shape index (κ2) is 5.89. The predicted molar refractivity (Wildman–Crippen MR) is 80.5 cm³/mol. The summed E-state index contributed by atoms with van der Waals surface area (Å²) in [6, 6.07) is 14.3. The first-order valence-corrected chi connectivity index (χ1v) is 6.62. The molecule has 0 saturated heterocycles. The van der Waals surface area contributed by atoms with Crippen LogP contribution in [-0.4, -0.2) is 11.7 Å². The minimum atomic E-state index is -0.484. The van der Waals surface area contributed by atoms with Crippen molar-refractivity contribution in [2.24, 2.45) is 0 Å². The topological polar surface area (TPSA) is 32.3 Å². The SMILES string of the molecule is Cc1ccc(NCC(O)c2ccc(C)cc2C)cc1. The summed E-state index contributed by atoms with van der Waals surface area (Å²) in [5.41, 5.74) is 5.62. The van der Waals surface area contributed by atoms with Crippen molar-refractivity contribution in [1.82, 2.24) is 0 Å². The molecule has 0 aliphatic rings. The molecule has 2 rings (SSSR count). The minimum absolute atomic E-state index is 0.484. The molecule has 1 atom stereocenters. The number of hydrogen-bond donors (Lipinski definition) is 2. The molecule has 0 spiro atoms. The van der Waals surface area contributed by atoms with Crippen LogP contribution in [0.2, 0.25) is 0 Å². The second-order valence-corrected chi connectivity index (χ2v) is 5.12. The first kappa shape index (κ1) is 13.6. The van der Waals surface area contributed by atoms with Crippen LogP contribution in [0.25, 0.3) is 0 Å². The average Bonchev–Trinajstić information content (AvgIpc) is 2.37. The number of aliphatic hydroxyl groups is 1. The molecule has 0 heterocycles. The fourth-order valence-electron chi connectivity index (χ4n) is 2.20. The molecule has 2 nitrogen and oxygen atoms in total. The van der Waals surface area contributed by atoms with E-state index in [4.69, 9.17) is 0 Å². The molecular formula is C17H21NO. The lowest BCUT2D eigenvalue weighted by molar-refractivity contribution is 0.191. The molecule has 1 unspecified atom stereocenters. The molecule has 0 saturated carbocycles. The van der Waals surface area contributed by atoms with Gasteiger partial charge in [-0.2, -0.15) is 0 Å². The van der Waals surface area contributed by atoms with Gasteiger partial charge in [0.05, 0.1) is 6.10 Å². The standard InChI is InChI=1S/C17H21NO/c1-12-4-7-15(8-5-12)18-11-17(19)16-9-6-13(2)10-14(16)3/h4-10,17-19H,11H2,1-3H3. The van der Waals surface area contributed by atoms with E-state index in [-0.39, 0.29) is 0 Å². The molecule has 2 aromatic carbocycles. The number of aryl methyl sites for hydroxylation is 3. The van der Waals surface area contributed by atoms with Crippen molar-refractivity contribution < 1.29 is 5.11 Å². The van der Waals surface area contributed by atoms with Crippen LogP contribution in [0.5, 0.6) is 0 Å². The van der Waals surface area contributed by atoms with Crippen LogP contribution >= 0.6 is 0 Å². The number of benzene rings is 2.